The first-order valence-electron chi connectivity index (χ1n) is 8.58. The van der Waals surface area contributed by atoms with Crippen molar-refractivity contribution in [3.63, 3.8) is 0 Å². The lowest BCUT2D eigenvalue weighted by Crippen LogP contribution is -2.38. The quantitative estimate of drug-likeness (QED) is 0.713. The molecule has 0 aliphatic carbocycles. The van der Waals surface area contributed by atoms with E-state index in [2.05, 4.69) is 10.0 Å². The number of carbonyl (C=O) groups is 2. The summed E-state index contributed by atoms with van der Waals surface area (Å²) in [4.78, 5) is 25.7. The number of amides is 2. The first kappa shape index (κ1) is 19.4. The Hall–Kier alpha value is -1.93. The molecule has 1 aliphatic heterocycles. The molecule has 1 aliphatic rings. The van der Waals surface area contributed by atoms with Crippen LogP contribution in [0.2, 0.25) is 0 Å². The average molecular weight is 367 g/mol. The van der Waals surface area contributed by atoms with Gasteiger partial charge in [-0.3, -0.25) is 9.59 Å². The van der Waals surface area contributed by atoms with E-state index in [1.165, 1.54) is 18.6 Å². The molecule has 2 rings (SSSR count). The molecule has 2 N–H and O–H groups in total. The maximum absolute atomic E-state index is 12.0. The smallest absolute Gasteiger partial charge is 0.240 e. The molecule has 0 bridgehead atoms. The van der Waals surface area contributed by atoms with Crippen LogP contribution in [0.3, 0.4) is 0 Å². The van der Waals surface area contributed by atoms with Crippen molar-refractivity contribution < 1.29 is 18.0 Å². The van der Waals surface area contributed by atoms with Crippen molar-refractivity contribution in [1.82, 2.24) is 14.9 Å². The second-order valence-electron chi connectivity index (χ2n) is 6.00. The molecule has 0 spiro atoms. The predicted octanol–water partition coefficient (Wildman–Crippen LogP) is 0.874. The molecule has 0 aromatic heterocycles. The lowest BCUT2D eigenvalue weighted by atomic mass is 10.1. The number of likely N-dealkylation sites (tertiary alicyclic amines) is 1. The van der Waals surface area contributed by atoms with Gasteiger partial charge in [0.25, 0.3) is 0 Å². The Morgan fingerprint density at radius 3 is 2.32 bits per heavy atom. The largest absolute Gasteiger partial charge is 0.356 e. The van der Waals surface area contributed by atoms with E-state index < -0.39 is 10.0 Å². The summed E-state index contributed by atoms with van der Waals surface area (Å²) in [5.41, 5.74) is 0. The third kappa shape index (κ3) is 6.47. The van der Waals surface area contributed by atoms with Crippen LogP contribution in [0.1, 0.15) is 32.1 Å². The van der Waals surface area contributed by atoms with Crippen LogP contribution in [0.4, 0.5) is 0 Å². The second-order valence-corrected chi connectivity index (χ2v) is 7.77. The highest BCUT2D eigenvalue weighted by Crippen LogP contribution is 2.09. The van der Waals surface area contributed by atoms with Crippen LogP contribution in [0, 0.1) is 0 Å². The monoisotopic (exact) mass is 367 g/mol. The Balaban J connectivity index is 1.63. The summed E-state index contributed by atoms with van der Waals surface area (Å²) in [6.07, 6.45) is 3.56. The van der Waals surface area contributed by atoms with Gasteiger partial charge in [0.05, 0.1) is 4.90 Å². The molecule has 0 unspecified atom stereocenters. The molecular weight excluding hydrogens is 342 g/mol. The molecule has 1 saturated heterocycles. The van der Waals surface area contributed by atoms with Gasteiger partial charge < -0.3 is 10.2 Å². The van der Waals surface area contributed by atoms with Crippen LogP contribution in [-0.2, 0) is 19.6 Å². The van der Waals surface area contributed by atoms with Crippen LogP contribution in [0.15, 0.2) is 35.2 Å². The predicted molar refractivity (Wildman–Crippen MR) is 94.3 cm³/mol. The minimum absolute atomic E-state index is 0.0170. The van der Waals surface area contributed by atoms with Crippen molar-refractivity contribution in [3.05, 3.63) is 30.3 Å². The zero-order chi connectivity index (χ0) is 18.1. The lowest BCUT2D eigenvalue weighted by Gasteiger charge is -2.26. The fourth-order valence-corrected chi connectivity index (χ4v) is 3.73. The molecular formula is C17H25N3O4S. The number of hydrogen-bond acceptors (Lipinski definition) is 4. The van der Waals surface area contributed by atoms with Crippen molar-refractivity contribution in [2.24, 2.45) is 0 Å². The molecule has 0 radical (unpaired) electrons. The molecule has 0 atom stereocenters. The number of sulfonamides is 1. The van der Waals surface area contributed by atoms with E-state index in [-0.39, 0.29) is 42.6 Å². The number of carbonyl (C=O) groups excluding carboxylic acids is 2. The number of hydrogen-bond donors (Lipinski definition) is 2. The Morgan fingerprint density at radius 2 is 1.64 bits per heavy atom. The highest BCUT2D eigenvalue weighted by Gasteiger charge is 2.16. The lowest BCUT2D eigenvalue weighted by molar-refractivity contribution is -0.132. The fraction of sp³-hybridized carbons (Fsp3) is 0.529. The first-order chi connectivity index (χ1) is 12.0. The van der Waals surface area contributed by atoms with Crippen LogP contribution < -0.4 is 10.0 Å². The molecule has 1 fully saturated rings. The zero-order valence-corrected chi connectivity index (χ0v) is 15.1. The van der Waals surface area contributed by atoms with Gasteiger partial charge in [-0.05, 0) is 31.4 Å². The van der Waals surface area contributed by atoms with Crippen LogP contribution >= 0.6 is 0 Å². The van der Waals surface area contributed by atoms with Gasteiger partial charge in [0.2, 0.25) is 21.8 Å². The Bertz CT molecular complexity index is 670. The third-order valence-corrected chi connectivity index (χ3v) is 5.54. The molecule has 1 aromatic carbocycles. The molecule has 1 aromatic rings. The number of rotatable bonds is 8. The van der Waals surface area contributed by atoms with E-state index in [0.29, 0.717) is 0 Å². The normalized spacial score (nSPS) is 15.0. The zero-order valence-electron chi connectivity index (χ0n) is 14.2. The highest BCUT2D eigenvalue weighted by atomic mass is 32.2. The van der Waals surface area contributed by atoms with Gasteiger partial charge in [0.1, 0.15) is 0 Å². The summed E-state index contributed by atoms with van der Waals surface area (Å²) in [7, 11) is -3.60. The van der Waals surface area contributed by atoms with Crippen molar-refractivity contribution in [2.45, 2.75) is 37.0 Å². The fourth-order valence-electron chi connectivity index (χ4n) is 2.68. The van der Waals surface area contributed by atoms with Gasteiger partial charge in [-0.15, -0.1) is 0 Å². The molecule has 0 saturated carbocycles. The van der Waals surface area contributed by atoms with Gasteiger partial charge in [-0.25, -0.2) is 13.1 Å². The number of nitrogens with zero attached hydrogens (tertiary/aromatic N) is 1. The van der Waals surface area contributed by atoms with E-state index in [9.17, 15) is 18.0 Å². The van der Waals surface area contributed by atoms with Gasteiger partial charge in [0.15, 0.2) is 0 Å². The molecule has 2 amide bonds. The van der Waals surface area contributed by atoms with Crippen LogP contribution in [0.25, 0.3) is 0 Å². The topological polar surface area (TPSA) is 95.6 Å². The maximum atomic E-state index is 12.0. The van der Waals surface area contributed by atoms with E-state index in [0.717, 1.165) is 25.9 Å². The van der Waals surface area contributed by atoms with Crippen molar-refractivity contribution in [1.29, 1.82) is 0 Å². The number of nitrogens with one attached hydrogen (secondary N) is 2. The molecule has 7 nitrogen and oxygen atoms in total. The molecule has 25 heavy (non-hydrogen) atoms. The average Bonchev–Trinajstić information content (AvgIpc) is 2.63. The standard InChI is InChI=1S/C17H25N3O4S/c21-16(18-11-10-17(22)20-13-5-2-6-14-20)9-12-19-25(23,24)15-7-3-1-4-8-15/h1,3-4,7-8,19H,2,5-6,9-14H2,(H,18,21). The number of piperidine rings is 1. The molecule has 8 heteroatoms. The van der Waals surface area contributed by atoms with E-state index >= 15 is 0 Å². The Labute approximate surface area is 148 Å². The summed E-state index contributed by atoms with van der Waals surface area (Å²) in [6.45, 7) is 1.89. The Morgan fingerprint density at radius 1 is 0.960 bits per heavy atom. The molecule has 1 heterocycles. The SMILES string of the molecule is O=C(CCNS(=O)(=O)c1ccccc1)NCCC(=O)N1CCCCC1. The minimum atomic E-state index is -3.60. The van der Waals surface area contributed by atoms with Crippen molar-refractivity contribution >= 4 is 21.8 Å². The second kappa shape index (κ2) is 9.53. The minimum Gasteiger partial charge on any atom is -0.356 e. The third-order valence-electron chi connectivity index (χ3n) is 4.07. The van der Waals surface area contributed by atoms with Gasteiger partial charge in [-0.2, -0.15) is 0 Å². The molecule has 138 valence electrons. The maximum Gasteiger partial charge on any atom is 0.240 e. The summed E-state index contributed by atoms with van der Waals surface area (Å²) in [6, 6.07) is 8.00. The summed E-state index contributed by atoms with van der Waals surface area (Å²) < 4.78 is 26.4. The number of benzene rings is 1. The van der Waals surface area contributed by atoms with Crippen molar-refractivity contribution in [3.8, 4) is 0 Å². The van der Waals surface area contributed by atoms with Gasteiger partial charge >= 0.3 is 0 Å². The van der Waals surface area contributed by atoms with E-state index in [1.807, 2.05) is 4.90 Å². The van der Waals surface area contributed by atoms with Crippen molar-refractivity contribution in [2.75, 3.05) is 26.2 Å². The summed E-state index contributed by atoms with van der Waals surface area (Å²) in [5.74, 6) is -0.216. The van der Waals surface area contributed by atoms with E-state index in [4.69, 9.17) is 0 Å². The Kier molecular flexibility index (Phi) is 7.39. The van der Waals surface area contributed by atoms with Gasteiger partial charge in [-0.1, -0.05) is 18.2 Å². The van der Waals surface area contributed by atoms with E-state index in [1.54, 1.807) is 18.2 Å². The summed E-state index contributed by atoms with van der Waals surface area (Å²) >= 11 is 0. The van der Waals surface area contributed by atoms with Crippen LogP contribution in [-0.4, -0.2) is 51.3 Å². The first-order valence-corrected chi connectivity index (χ1v) is 10.1. The van der Waals surface area contributed by atoms with Gasteiger partial charge in [0, 0.05) is 39.0 Å². The van der Waals surface area contributed by atoms with Crippen LogP contribution in [0.5, 0.6) is 0 Å². The summed E-state index contributed by atoms with van der Waals surface area (Å²) in [5, 5.41) is 2.66. The highest BCUT2D eigenvalue weighted by molar-refractivity contribution is 7.89.